The zero-order valence-corrected chi connectivity index (χ0v) is 18.2. The first-order chi connectivity index (χ1) is 15.3. The number of benzene rings is 1. The molecule has 1 amide bonds. The topological polar surface area (TPSA) is 83.9 Å². The van der Waals surface area contributed by atoms with Crippen molar-refractivity contribution in [1.29, 1.82) is 0 Å². The van der Waals surface area contributed by atoms with E-state index in [0.29, 0.717) is 18.5 Å². The van der Waals surface area contributed by atoms with Crippen LogP contribution in [0.1, 0.15) is 35.2 Å². The van der Waals surface area contributed by atoms with Gasteiger partial charge in [-0.2, -0.15) is 0 Å². The summed E-state index contributed by atoms with van der Waals surface area (Å²) < 4.78 is 40.4. The predicted octanol–water partition coefficient (Wildman–Crippen LogP) is 2.86. The lowest BCUT2D eigenvalue weighted by atomic mass is 9.82. The molecule has 2 N–H and O–H groups in total. The number of ether oxygens (including phenoxy) is 2. The number of methoxy groups -OCH3 is 2. The molecule has 1 unspecified atom stereocenters. The Morgan fingerprint density at radius 2 is 1.97 bits per heavy atom. The van der Waals surface area contributed by atoms with Crippen LogP contribution < -0.4 is 19.7 Å². The first-order valence-corrected chi connectivity index (χ1v) is 10.2. The molecule has 7 nitrogen and oxygen atoms in total. The number of carbonyl (C=O) groups is 1. The second kappa shape index (κ2) is 8.05. The Morgan fingerprint density at radius 3 is 2.50 bits per heavy atom. The van der Waals surface area contributed by atoms with Gasteiger partial charge in [-0.15, -0.1) is 0 Å². The fourth-order valence-corrected chi connectivity index (χ4v) is 4.60. The third kappa shape index (κ3) is 3.28. The molecule has 1 aromatic heterocycles. The molecule has 0 radical (unpaired) electrons. The summed E-state index contributed by atoms with van der Waals surface area (Å²) in [4.78, 5) is 17.3. The first kappa shape index (κ1) is 22.0. The van der Waals surface area contributed by atoms with Crippen LogP contribution in [0.4, 0.5) is 14.5 Å². The maximum absolute atomic E-state index is 15.2. The molecule has 1 atom stereocenters. The van der Waals surface area contributed by atoms with Gasteiger partial charge in [0.15, 0.2) is 23.1 Å². The van der Waals surface area contributed by atoms with Crippen LogP contribution in [0, 0.1) is 18.6 Å². The van der Waals surface area contributed by atoms with Crippen molar-refractivity contribution in [2.24, 2.45) is 0 Å². The first-order valence-electron chi connectivity index (χ1n) is 10.2. The van der Waals surface area contributed by atoms with Gasteiger partial charge in [-0.1, -0.05) is 6.58 Å². The third-order valence-electron chi connectivity index (χ3n) is 6.38. The van der Waals surface area contributed by atoms with E-state index in [0.717, 1.165) is 22.8 Å². The van der Waals surface area contributed by atoms with Crippen molar-refractivity contribution >= 4 is 11.6 Å². The van der Waals surface area contributed by atoms with Gasteiger partial charge in [0, 0.05) is 24.2 Å². The summed E-state index contributed by atoms with van der Waals surface area (Å²) in [5, 5.41) is 14.0. The van der Waals surface area contributed by atoms with E-state index in [1.807, 2.05) is 6.92 Å². The monoisotopic (exact) mass is 445 g/mol. The molecule has 1 spiro atoms. The molecule has 2 heterocycles. The van der Waals surface area contributed by atoms with Gasteiger partial charge in [0.1, 0.15) is 11.9 Å². The van der Waals surface area contributed by atoms with Crippen LogP contribution in [0.15, 0.2) is 24.9 Å². The maximum atomic E-state index is 15.2. The van der Waals surface area contributed by atoms with E-state index in [2.05, 4.69) is 16.9 Å². The number of hydrogen-bond donors (Lipinski definition) is 2. The van der Waals surface area contributed by atoms with Gasteiger partial charge in [0.25, 0.3) is 0 Å². The van der Waals surface area contributed by atoms with Gasteiger partial charge in [-0.25, -0.2) is 8.78 Å². The van der Waals surface area contributed by atoms with E-state index in [9.17, 15) is 9.90 Å². The molecule has 1 aromatic carbocycles. The van der Waals surface area contributed by atoms with Crippen molar-refractivity contribution in [1.82, 2.24) is 10.3 Å². The summed E-state index contributed by atoms with van der Waals surface area (Å²) in [6, 6.07) is 1.14. The summed E-state index contributed by atoms with van der Waals surface area (Å²) in [5.74, 6) is -2.48. The number of aliphatic hydroxyl groups excluding tert-OH is 1. The minimum Gasteiger partial charge on any atom is -0.493 e. The van der Waals surface area contributed by atoms with Gasteiger partial charge < -0.3 is 24.8 Å². The lowest BCUT2D eigenvalue weighted by Gasteiger charge is -2.42. The van der Waals surface area contributed by atoms with Gasteiger partial charge >= 0.3 is 0 Å². The summed E-state index contributed by atoms with van der Waals surface area (Å²) in [6.07, 6.45) is 2.98. The highest BCUT2D eigenvalue weighted by molar-refractivity contribution is 5.86. The van der Waals surface area contributed by atoms with E-state index in [1.54, 1.807) is 6.20 Å². The molecule has 0 bridgehead atoms. The molecular weight excluding hydrogens is 420 g/mol. The van der Waals surface area contributed by atoms with Crippen molar-refractivity contribution in [3.8, 4) is 11.5 Å². The number of fused-ring (bicyclic) bond motifs is 2. The third-order valence-corrected chi connectivity index (χ3v) is 6.38. The van der Waals surface area contributed by atoms with E-state index in [-0.39, 0.29) is 30.5 Å². The zero-order chi connectivity index (χ0) is 23.2. The molecule has 2 aromatic rings. The number of nitrogens with zero attached hydrogens (tertiary/aromatic N) is 2. The fourth-order valence-electron chi connectivity index (χ4n) is 4.60. The van der Waals surface area contributed by atoms with Crippen LogP contribution in [0.3, 0.4) is 0 Å². The van der Waals surface area contributed by atoms with E-state index in [1.165, 1.54) is 25.2 Å². The Morgan fingerprint density at radius 1 is 1.34 bits per heavy atom. The lowest BCUT2D eigenvalue weighted by molar-refractivity contribution is -0.116. The van der Waals surface area contributed by atoms with E-state index >= 15 is 8.78 Å². The standard InChI is InChI=1S/C23H25F2N3O4/c1-5-17(29)27-10-14-12(2)18-13(9-26-14)11-28(22(30)23(18)6-7-23)21-19(24)15(31-3)8-16(32-4)20(21)25/h5,8-9,22,30H,1,6-7,10-11H2,2-4H3,(H,27,29). The van der Waals surface area contributed by atoms with Gasteiger partial charge in [-0.3, -0.25) is 9.78 Å². The smallest absolute Gasteiger partial charge is 0.243 e. The maximum Gasteiger partial charge on any atom is 0.243 e. The number of anilines is 1. The van der Waals surface area contributed by atoms with Crippen molar-refractivity contribution in [3.05, 3.63) is 58.9 Å². The molecule has 1 aliphatic heterocycles. The van der Waals surface area contributed by atoms with E-state index < -0.39 is 29.0 Å². The van der Waals surface area contributed by atoms with Crippen LogP contribution in [0.2, 0.25) is 0 Å². The normalized spacial score (nSPS) is 18.2. The second-order valence-corrected chi connectivity index (χ2v) is 8.07. The van der Waals surface area contributed by atoms with Crippen LogP contribution in [0.5, 0.6) is 11.5 Å². The van der Waals surface area contributed by atoms with Crippen molar-refractivity contribution in [2.75, 3.05) is 19.1 Å². The molecular formula is C23H25F2N3O4. The van der Waals surface area contributed by atoms with Gasteiger partial charge in [0.05, 0.1) is 26.5 Å². The molecule has 1 aliphatic carbocycles. The number of carbonyl (C=O) groups excluding carboxylic acids is 1. The summed E-state index contributed by atoms with van der Waals surface area (Å²) in [5.41, 5.74) is 2.15. The molecule has 4 rings (SSSR count). The Kier molecular flexibility index (Phi) is 5.54. The number of aliphatic hydroxyl groups is 1. The largest absolute Gasteiger partial charge is 0.493 e. The molecule has 2 aliphatic rings. The molecule has 1 fully saturated rings. The van der Waals surface area contributed by atoms with Gasteiger partial charge in [-0.05, 0) is 42.5 Å². The zero-order valence-electron chi connectivity index (χ0n) is 18.2. The van der Waals surface area contributed by atoms with Crippen molar-refractivity contribution < 1.29 is 28.2 Å². The Labute approximate surface area is 184 Å². The number of halogens is 2. The average Bonchev–Trinajstić information content (AvgIpc) is 3.57. The van der Waals surface area contributed by atoms with Crippen molar-refractivity contribution in [3.63, 3.8) is 0 Å². The van der Waals surface area contributed by atoms with E-state index in [4.69, 9.17) is 9.47 Å². The minimum atomic E-state index is -1.16. The Hall–Kier alpha value is -3.20. The van der Waals surface area contributed by atoms with Crippen LogP contribution in [-0.2, 0) is 23.3 Å². The number of rotatable bonds is 6. The SMILES string of the molecule is C=CC(=O)NCc1ncc2c(c1C)C1(CC1)C(O)N(c1c(F)c(OC)cc(OC)c1F)C2. The van der Waals surface area contributed by atoms with Crippen LogP contribution >= 0.6 is 0 Å². The average molecular weight is 445 g/mol. The number of amides is 1. The predicted molar refractivity (Wildman–Crippen MR) is 114 cm³/mol. The fraction of sp³-hybridized carbons (Fsp3) is 0.391. The van der Waals surface area contributed by atoms with Crippen LogP contribution in [0.25, 0.3) is 0 Å². The number of pyridine rings is 1. The number of nitrogens with one attached hydrogen (secondary N) is 1. The second-order valence-electron chi connectivity index (χ2n) is 8.07. The molecule has 32 heavy (non-hydrogen) atoms. The highest BCUT2D eigenvalue weighted by atomic mass is 19.1. The molecule has 0 saturated heterocycles. The highest BCUT2D eigenvalue weighted by Crippen LogP contribution is 2.58. The number of aromatic nitrogens is 1. The lowest BCUT2D eigenvalue weighted by Crippen LogP contribution is -2.49. The molecule has 9 heteroatoms. The number of hydrogen-bond acceptors (Lipinski definition) is 6. The minimum absolute atomic E-state index is 0.0511. The highest BCUT2D eigenvalue weighted by Gasteiger charge is 2.57. The summed E-state index contributed by atoms with van der Waals surface area (Å²) >= 11 is 0. The quantitative estimate of drug-likeness (QED) is 0.666. The van der Waals surface area contributed by atoms with Crippen molar-refractivity contribution in [2.45, 2.75) is 44.5 Å². The van der Waals surface area contributed by atoms with Gasteiger partial charge in [0.2, 0.25) is 5.91 Å². The summed E-state index contributed by atoms with van der Waals surface area (Å²) in [7, 11) is 2.56. The molecule has 170 valence electrons. The van der Waals surface area contributed by atoms with Crippen LogP contribution in [-0.4, -0.2) is 36.4 Å². The Bertz CT molecular complexity index is 1070. The summed E-state index contributed by atoms with van der Waals surface area (Å²) in [6.45, 7) is 5.59. The molecule has 1 saturated carbocycles. The Balaban J connectivity index is 1.79.